The van der Waals surface area contributed by atoms with Crippen molar-refractivity contribution < 1.29 is 18.0 Å². The Labute approximate surface area is 268 Å². The zero-order valence-corrected chi connectivity index (χ0v) is 27.8. The van der Waals surface area contributed by atoms with Crippen molar-refractivity contribution in [1.29, 1.82) is 0 Å². The molecule has 7 nitrogen and oxygen atoms in total. The van der Waals surface area contributed by atoms with Crippen LogP contribution in [0.3, 0.4) is 0 Å². The Balaban J connectivity index is 1.82. The second-order valence-electron chi connectivity index (χ2n) is 12.0. The fourth-order valence-corrected chi connectivity index (χ4v) is 6.68. The normalized spacial score (nSPS) is 12.1. The van der Waals surface area contributed by atoms with Crippen molar-refractivity contribution in [2.45, 2.75) is 71.5 Å². The summed E-state index contributed by atoms with van der Waals surface area (Å²) in [6, 6.07) is 28.4. The van der Waals surface area contributed by atoms with Crippen molar-refractivity contribution >= 4 is 27.5 Å². The topological polar surface area (TPSA) is 86.8 Å². The second-order valence-corrected chi connectivity index (χ2v) is 13.9. The van der Waals surface area contributed by atoms with Gasteiger partial charge in [-0.05, 0) is 88.1 Å². The summed E-state index contributed by atoms with van der Waals surface area (Å²) in [5, 5.41) is 2.99. The molecule has 0 radical (unpaired) electrons. The van der Waals surface area contributed by atoms with Crippen LogP contribution in [0.1, 0.15) is 47.2 Å². The minimum atomic E-state index is -4.15. The molecule has 8 heteroatoms. The molecule has 1 atom stereocenters. The van der Waals surface area contributed by atoms with Crippen LogP contribution in [-0.2, 0) is 32.6 Å². The van der Waals surface area contributed by atoms with Crippen LogP contribution in [0.15, 0.2) is 102 Å². The number of nitrogens with one attached hydrogen (secondary N) is 1. The van der Waals surface area contributed by atoms with Crippen LogP contribution < -0.4 is 9.62 Å². The SMILES string of the molecule is Cc1ccc(CN(C(=O)CN(c2cc(C)cc(C)c2)S(=O)(=O)c2ccc(C)cc2)[C@@H](Cc2ccccc2)C(=O)NC(C)C)cc1. The number of benzene rings is 4. The zero-order chi connectivity index (χ0) is 32.7. The van der Waals surface area contributed by atoms with E-state index in [1.165, 1.54) is 9.21 Å². The van der Waals surface area contributed by atoms with E-state index in [-0.39, 0.29) is 29.8 Å². The number of amides is 2. The van der Waals surface area contributed by atoms with Crippen molar-refractivity contribution in [3.63, 3.8) is 0 Å². The summed E-state index contributed by atoms with van der Waals surface area (Å²) in [7, 11) is -4.15. The first kappa shape index (κ1) is 33.5. The number of hydrogen-bond donors (Lipinski definition) is 1. The van der Waals surface area contributed by atoms with Crippen LogP contribution in [0.5, 0.6) is 0 Å². The first-order valence-corrected chi connectivity index (χ1v) is 16.6. The molecular weight excluding hydrogens is 582 g/mol. The van der Waals surface area contributed by atoms with Gasteiger partial charge in [-0.25, -0.2) is 8.42 Å². The van der Waals surface area contributed by atoms with Gasteiger partial charge in [0.05, 0.1) is 10.6 Å². The number of sulfonamides is 1. The van der Waals surface area contributed by atoms with Gasteiger partial charge in [0.25, 0.3) is 10.0 Å². The van der Waals surface area contributed by atoms with Crippen molar-refractivity contribution in [3.8, 4) is 0 Å². The highest BCUT2D eigenvalue weighted by molar-refractivity contribution is 7.92. The summed E-state index contributed by atoms with van der Waals surface area (Å²) in [5.74, 6) is -0.779. The van der Waals surface area contributed by atoms with Gasteiger partial charge >= 0.3 is 0 Å². The minimum absolute atomic E-state index is 0.0866. The maximum absolute atomic E-state index is 14.6. The summed E-state index contributed by atoms with van der Waals surface area (Å²) < 4.78 is 29.6. The van der Waals surface area contributed by atoms with Gasteiger partial charge in [-0.1, -0.05) is 83.9 Å². The molecule has 4 aromatic rings. The summed E-state index contributed by atoms with van der Waals surface area (Å²) >= 11 is 0. The van der Waals surface area contributed by atoms with Crippen LogP contribution in [0.25, 0.3) is 0 Å². The Bertz CT molecular complexity index is 1700. The third-order valence-electron chi connectivity index (χ3n) is 7.56. The third-order valence-corrected chi connectivity index (χ3v) is 9.35. The van der Waals surface area contributed by atoms with Crippen molar-refractivity contribution in [2.75, 3.05) is 10.8 Å². The number of carbonyl (C=O) groups excluding carboxylic acids is 2. The molecule has 1 N–H and O–H groups in total. The Morgan fingerprint density at radius 1 is 0.711 bits per heavy atom. The van der Waals surface area contributed by atoms with E-state index in [1.807, 2.05) is 102 Å². The number of anilines is 1. The van der Waals surface area contributed by atoms with E-state index in [9.17, 15) is 18.0 Å². The van der Waals surface area contributed by atoms with E-state index in [4.69, 9.17) is 0 Å². The molecular formula is C37H43N3O4S. The third kappa shape index (κ3) is 8.82. The fourth-order valence-electron chi connectivity index (χ4n) is 5.29. The molecule has 0 aliphatic carbocycles. The number of nitrogens with zero attached hydrogens (tertiary/aromatic N) is 2. The van der Waals surface area contributed by atoms with Gasteiger partial charge in [-0.2, -0.15) is 0 Å². The number of carbonyl (C=O) groups is 2. The molecule has 0 fully saturated rings. The van der Waals surface area contributed by atoms with E-state index >= 15 is 0 Å². The van der Waals surface area contributed by atoms with Gasteiger partial charge in [-0.15, -0.1) is 0 Å². The quantitative estimate of drug-likeness (QED) is 0.201. The van der Waals surface area contributed by atoms with Crippen LogP contribution >= 0.6 is 0 Å². The number of rotatable bonds is 12. The number of hydrogen-bond acceptors (Lipinski definition) is 4. The molecule has 45 heavy (non-hydrogen) atoms. The van der Waals surface area contributed by atoms with Crippen molar-refractivity contribution in [3.05, 3.63) is 130 Å². The van der Waals surface area contributed by atoms with Gasteiger partial charge < -0.3 is 10.2 Å². The van der Waals surface area contributed by atoms with E-state index in [0.717, 1.165) is 33.4 Å². The maximum Gasteiger partial charge on any atom is 0.264 e. The lowest BCUT2D eigenvalue weighted by molar-refractivity contribution is -0.140. The van der Waals surface area contributed by atoms with E-state index in [0.29, 0.717) is 5.69 Å². The molecule has 0 unspecified atom stereocenters. The number of aryl methyl sites for hydroxylation is 4. The molecule has 0 saturated heterocycles. The fraction of sp³-hybridized carbons (Fsp3) is 0.297. The van der Waals surface area contributed by atoms with Crippen molar-refractivity contribution in [1.82, 2.24) is 10.2 Å². The minimum Gasteiger partial charge on any atom is -0.352 e. The van der Waals surface area contributed by atoms with Gasteiger partial charge in [0.15, 0.2) is 0 Å². The summed E-state index contributed by atoms with van der Waals surface area (Å²) in [6.45, 7) is 11.1. The molecule has 0 aromatic heterocycles. The second kappa shape index (κ2) is 14.6. The molecule has 0 heterocycles. The summed E-state index contributed by atoms with van der Waals surface area (Å²) in [4.78, 5) is 30.0. The monoisotopic (exact) mass is 625 g/mol. The first-order chi connectivity index (χ1) is 21.3. The van der Waals surface area contributed by atoms with Gasteiger partial charge in [0, 0.05) is 19.0 Å². The largest absolute Gasteiger partial charge is 0.352 e. The Kier molecular flexibility index (Phi) is 10.8. The zero-order valence-electron chi connectivity index (χ0n) is 26.9. The summed E-state index contributed by atoms with van der Waals surface area (Å²) in [6.07, 6.45) is 0.269. The van der Waals surface area contributed by atoms with E-state index in [1.54, 1.807) is 36.4 Å². The Morgan fingerprint density at radius 3 is 1.82 bits per heavy atom. The lowest BCUT2D eigenvalue weighted by Gasteiger charge is -2.34. The molecule has 2 amide bonds. The van der Waals surface area contributed by atoms with E-state index in [2.05, 4.69) is 5.32 Å². The average Bonchev–Trinajstić information content (AvgIpc) is 2.98. The van der Waals surface area contributed by atoms with E-state index < -0.39 is 28.5 Å². The smallest absolute Gasteiger partial charge is 0.264 e. The highest BCUT2D eigenvalue weighted by Gasteiger charge is 2.35. The Hall–Kier alpha value is -4.43. The van der Waals surface area contributed by atoms with Gasteiger partial charge in [0.1, 0.15) is 12.6 Å². The van der Waals surface area contributed by atoms with Crippen LogP contribution in [0.4, 0.5) is 5.69 Å². The molecule has 4 aromatic carbocycles. The van der Waals surface area contributed by atoms with Crippen LogP contribution in [0.2, 0.25) is 0 Å². The highest BCUT2D eigenvalue weighted by atomic mass is 32.2. The maximum atomic E-state index is 14.6. The molecule has 0 saturated carbocycles. The van der Waals surface area contributed by atoms with Crippen LogP contribution in [0, 0.1) is 27.7 Å². The standard InChI is InChI=1S/C37H43N3O4S/c1-26(2)38-37(42)35(23-31-10-8-7-9-11-31)39(24-32-16-12-27(3)13-17-32)36(41)25-40(33-21-29(5)20-30(6)22-33)45(43,44)34-18-14-28(4)15-19-34/h7-22,26,35H,23-25H2,1-6H3,(H,38,42)/t35-/m0/s1. The molecule has 0 aliphatic heterocycles. The van der Waals surface area contributed by atoms with Crippen LogP contribution in [-0.4, -0.2) is 43.8 Å². The molecule has 0 bridgehead atoms. The predicted molar refractivity (Wildman–Crippen MR) is 181 cm³/mol. The molecule has 0 spiro atoms. The van der Waals surface area contributed by atoms with Gasteiger partial charge in [0.2, 0.25) is 11.8 Å². The summed E-state index contributed by atoms with van der Waals surface area (Å²) in [5.41, 5.74) is 5.85. The molecule has 0 aliphatic rings. The van der Waals surface area contributed by atoms with Crippen molar-refractivity contribution in [2.24, 2.45) is 0 Å². The average molecular weight is 626 g/mol. The predicted octanol–water partition coefficient (Wildman–Crippen LogP) is 6.28. The lowest BCUT2D eigenvalue weighted by Crippen LogP contribution is -2.54. The molecule has 236 valence electrons. The highest BCUT2D eigenvalue weighted by Crippen LogP contribution is 2.27. The lowest BCUT2D eigenvalue weighted by atomic mass is 10.0. The molecule has 4 rings (SSSR count). The van der Waals surface area contributed by atoms with Gasteiger partial charge in [-0.3, -0.25) is 13.9 Å². The first-order valence-electron chi connectivity index (χ1n) is 15.2. The Morgan fingerprint density at radius 2 is 1.27 bits per heavy atom.